The van der Waals surface area contributed by atoms with Crippen LogP contribution in [0.5, 0.6) is 0 Å². The Morgan fingerprint density at radius 2 is 1.89 bits per heavy atom. The summed E-state index contributed by atoms with van der Waals surface area (Å²) in [6.07, 6.45) is 1.58. The number of amides is 1. The van der Waals surface area contributed by atoms with Gasteiger partial charge in [0.25, 0.3) is 0 Å². The van der Waals surface area contributed by atoms with E-state index >= 15 is 0 Å². The van der Waals surface area contributed by atoms with Crippen LogP contribution in [-0.4, -0.2) is 23.0 Å². The van der Waals surface area contributed by atoms with Crippen molar-refractivity contribution in [1.29, 1.82) is 0 Å². The molecule has 4 nitrogen and oxygen atoms in total. The molecule has 0 aliphatic rings. The van der Waals surface area contributed by atoms with E-state index in [2.05, 4.69) is 5.32 Å². The Morgan fingerprint density at radius 3 is 2.42 bits per heavy atom. The molecule has 0 spiro atoms. The standard InChI is InChI=1S/C15H21NO3/c1-3-11(2)9-14(17)16-13(15(18)19)10-12-7-5-4-6-8-12/h4-8,11,13H,3,9-10H2,1-2H3,(H,16,17)(H,18,19)/t11?,13-/m1/s1. The molecule has 0 radical (unpaired) electrons. The van der Waals surface area contributed by atoms with Gasteiger partial charge in [0, 0.05) is 12.8 Å². The molecule has 0 saturated carbocycles. The summed E-state index contributed by atoms with van der Waals surface area (Å²) < 4.78 is 0. The van der Waals surface area contributed by atoms with Gasteiger partial charge in [0.05, 0.1) is 0 Å². The summed E-state index contributed by atoms with van der Waals surface area (Å²) in [5, 5.41) is 11.8. The zero-order chi connectivity index (χ0) is 14.3. The molecule has 104 valence electrons. The lowest BCUT2D eigenvalue weighted by molar-refractivity contribution is -0.141. The lowest BCUT2D eigenvalue weighted by Crippen LogP contribution is -2.42. The fraction of sp³-hybridized carbons (Fsp3) is 0.467. The lowest BCUT2D eigenvalue weighted by Gasteiger charge is -2.16. The van der Waals surface area contributed by atoms with Crippen LogP contribution in [0.4, 0.5) is 0 Å². The summed E-state index contributed by atoms with van der Waals surface area (Å²) in [7, 11) is 0. The van der Waals surface area contributed by atoms with Crippen molar-refractivity contribution in [3.05, 3.63) is 35.9 Å². The van der Waals surface area contributed by atoms with Crippen molar-refractivity contribution in [3.8, 4) is 0 Å². The predicted molar refractivity (Wildman–Crippen MR) is 73.8 cm³/mol. The molecule has 0 aromatic heterocycles. The third-order valence-electron chi connectivity index (χ3n) is 3.15. The third-order valence-corrected chi connectivity index (χ3v) is 3.15. The smallest absolute Gasteiger partial charge is 0.326 e. The quantitative estimate of drug-likeness (QED) is 0.792. The number of benzene rings is 1. The van der Waals surface area contributed by atoms with Crippen LogP contribution in [0.15, 0.2) is 30.3 Å². The van der Waals surface area contributed by atoms with Crippen molar-refractivity contribution in [2.75, 3.05) is 0 Å². The highest BCUT2D eigenvalue weighted by molar-refractivity contribution is 5.83. The van der Waals surface area contributed by atoms with Crippen LogP contribution < -0.4 is 5.32 Å². The number of carbonyl (C=O) groups is 2. The zero-order valence-corrected chi connectivity index (χ0v) is 11.4. The molecule has 1 unspecified atom stereocenters. The predicted octanol–water partition coefficient (Wildman–Crippen LogP) is 2.23. The molecule has 0 heterocycles. The summed E-state index contributed by atoms with van der Waals surface area (Å²) in [5.74, 6) is -0.926. The fourth-order valence-electron chi connectivity index (χ4n) is 1.76. The summed E-state index contributed by atoms with van der Waals surface area (Å²) in [4.78, 5) is 22.9. The Kier molecular flexibility index (Phi) is 6.06. The largest absolute Gasteiger partial charge is 0.480 e. The molecule has 2 atom stereocenters. The zero-order valence-electron chi connectivity index (χ0n) is 11.4. The molecule has 4 heteroatoms. The Balaban J connectivity index is 2.59. The Labute approximate surface area is 113 Å². The number of aliphatic carboxylic acids is 1. The number of carbonyl (C=O) groups excluding carboxylic acids is 1. The second-order valence-corrected chi connectivity index (χ2v) is 4.87. The van der Waals surface area contributed by atoms with E-state index < -0.39 is 12.0 Å². The Bertz CT molecular complexity index is 417. The second kappa shape index (κ2) is 7.56. The maximum Gasteiger partial charge on any atom is 0.326 e. The monoisotopic (exact) mass is 263 g/mol. The van der Waals surface area contributed by atoms with Crippen LogP contribution in [0.3, 0.4) is 0 Å². The highest BCUT2D eigenvalue weighted by atomic mass is 16.4. The maximum absolute atomic E-state index is 11.7. The molecule has 1 aromatic carbocycles. The SMILES string of the molecule is CCC(C)CC(=O)N[C@H](Cc1ccccc1)C(=O)O. The molecule has 0 bridgehead atoms. The molecule has 0 aliphatic heterocycles. The van der Waals surface area contributed by atoms with Gasteiger partial charge in [-0.1, -0.05) is 50.6 Å². The minimum atomic E-state index is -0.999. The first kappa shape index (κ1) is 15.2. The summed E-state index contributed by atoms with van der Waals surface area (Å²) >= 11 is 0. The van der Waals surface area contributed by atoms with E-state index in [4.69, 9.17) is 5.11 Å². The van der Waals surface area contributed by atoms with Crippen LogP contribution >= 0.6 is 0 Å². The van der Waals surface area contributed by atoms with Crippen molar-refractivity contribution >= 4 is 11.9 Å². The van der Waals surface area contributed by atoms with E-state index in [1.54, 1.807) is 0 Å². The number of hydrogen-bond acceptors (Lipinski definition) is 2. The van der Waals surface area contributed by atoms with Crippen molar-refractivity contribution < 1.29 is 14.7 Å². The van der Waals surface area contributed by atoms with E-state index in [0.29, 0.717) is 12.8 Å². The molecular weight excluding hydrogens is 242 g/mol. The molecule has 0 fully saturated rings. The van der Waals surface area contributed by atoms with E-state index in [-0.39, 0.29) is 11.8 Å². The van der Waals surface area contributed by atoms with Gasteiger partial charge in [-0.05, 0) is 11.5 Å². The average Bonchev–Trinajstić information content (AvgIpc) is 2.38. The average molecular weight is 263 g/mol. The van der Waals surface area contributed by atoms with Crippen molar-refractivity contribution in [3.63, 3.8) is 0 Å². The molecule has 1 amide bonds. The topological polar surface area (TPSA) is 66.4 Å². The number of hydrogen-bond donors (Lipinski definition) is 2. The first-order valence-corrected chi connectivity index (χ1v) is 6.59. The van der Waals surface area contributed by atoms with Crippen LogP contribution in [-0.2, 0) is 16.0 Å². The third kappa shape index (κ3) is 5.55. The van der Waals surface area contributed by atoms with E-state index in [1.165, 1.54) is 0 Å². The van der Waals surface area contributed by atoms with Crippen molar-refractivity contribution in [2.45, 2.75) is 39.2 Å². The first-order valence-electron chi connectivity index (χ1n) is 6.59. The van der Waals surface area contributed by atoms with Gasteiger partial charge >= 0.3 is 5.97 Å². The van der Waals surface area contributed by atoms with E-state index in [1.807, 2.05) is 44.2 Å². The van der Waals surface area contributed by atoms with Crippen LogP contribution in [0, 0.1) is 5.92 Å². The summed E-state index contributed by atoms with van der Waals surface area (Å²) in [5.41, 5.74) is 0.902. The minimum Gasteiger partial charge on any atom is -0.480 e. The number of nitrogens with one attached hydrogen (secondary N) is 1. The maximum atomic E-state index is 11.7. The molecule has 1 rings (SSSR count). The fourth-order valence-corrected chi connectivity index (χ4v) is 1.76. The van der Waals surface area contributed by atoms with Gasteiger partial charge in [-0.3, -0.25) is 4.79 Å². The van der Waals surface area contributed by atoms with Gasteiger partial charge in [0.1, 0.15) is 6.04 Å². The number of carboxylic acid groups (broad SMARTS) is 1. The minimum absolute atomic E-state index is 0.197. The van der Waals surface area contributed by atoms with Gasteiger partial charge in [0.15, 0.2) is 0 Å². The van der Waals surface area contributed by atoms with Crippen LogP contribution in [0.1, 0.15) is 32.3 Å². The molecule has 1 aromatic rings. The number of rotatable bonds is 7. The second-order valence-electron chi connectivity index (χ2n) is 4.87. The van der Waals surface area contributed by atoms with E-state index in [0.717, 1.165) is 12.0 Å². The highest BCUT2D eigenvalue weighted by Crippen LogP contribution is 2.08. The van der Waals surface area contributed by atoms with Gasteiger partial charge < -0.3 is 10.4 Å². The van der Waals surface area contributed by atoms with Crippen molar-refractivity contribution in [2.24, 2.45) is 5.92 Å². The van der Waals surface area contributed by atoms with Gasteiger partial charge in [0.2, 0.25) is 5.91 Å². The van der Waals surface area contributed by atoms with Crippen LogP contribution in [0.25, 0.3) is 0 Å². The Hall–Kier alpha value is -1.84. The van der Waals surface area contributed by atoms with Crippen LogP contribution in [0.2, 0.25) is 0 Å². The highest BCUT2D eigenvalue weighted by Gasteiger charge is 2.20. The van der Waals surface area contributed by atoms with Gasteiger partial charge in [-0.15, -0.1) is 0 Å². The normalized spacial score (nSPS) is 13.6. The lowest BCUT2D eigenvalue weighted by atomic mass is 10.0. The molecular formula is C15H21NO3. The van der Waals surface area contributed by atoms with Gasteiger partial charge in [-0.25, -0.2) is 4.79 Å². The summed E-state index contributed by atoms with van der Waals surface area (Å²) in [6.45, 7) is 3.99. The molecule has 0 saturated heterocycles. The van der Waals surface area contributed by atoms with E-state index in [9.17, 15) is 9.59 Å². The molecule has 19 heavy (non-hydrogen) atoms. The molecule has 0 aliphatic carbocycles. The summed E-state index contributed by atoms with van der Waals surface area (Å²) in [6, 6.07) is 8.44. The first-order chi connectivity index (χ1) is 9.02. The Morgan fingerprint density at radius 1 is 1.26 bits per heavy atom. The van der Waals surface area contributed by atoms with Crippen molar-refractivity contribution in [1.82, 2.24) is 5.32 Å². The van der Waals surface area contributed by atoms with Gasteiger partial charge in [-0.2, -0.15) is 0 Å². The molecule has 2 N–H and O–H groups in total. The number of carboxylic acids is 1.